The van der Waals surface area contributed by atoms with Crippen LogP contribution >= 0.6 is 15.9 Å². The molecule has 1 N–H and O–H groups in total. The number of hydrogen-bond acceptors (Lipinski definition) is 1. The highest BCUT2D eigenvalue weighted by Gasteiger charge is 2.20. The molecular weight excluding hydrogens is 278 g/mol. The minimum absolute atomic E-state index is 0.0319. The Balaban J connectivity index is 2.33. The Hall–Kier alpha value is -0.970. The average molecular weight is 289 g/mol. The number of hydrogen-bond donors (Lipinski definition) is 1. The van der Waals surface area contributed by atoms with Crippen molar-refractivity contribution in [1.29, 1.82) is 5.41 Å². The molecule has 1 aromatic carbocycles. The van der Waals surface area contributed by atoms with Crippen LogP contribution in [0.3, 0.4) is 0 Å². The number of benzene rings is 1. The fourth-order valence-electron chi connectivity index (χ4n) is 1.82. The van der Waals surface area contributed by atoms with Crippen LogP contribution in [0.5, 0.6) is 0 Å². The quantitative estimate of drug-likeness (QED) is 0.480. The molecule has 2 nitrogen and oxygen atoms in total. The molecule has 0 saturated carbocycles. The predicted octanol–water partition coefficient (Wildman–Crippen LogP) is 3.15. The van der Waals surface area contributed by atoms with Crippen molar-refractivity contribution in [2.24, 2.45) is 0 Å². The summed E-state index contributed by atoms with van der Waals surface area (Å²) in [6, 6.07) is 2.49. The SMILES string of the molecule is N=C(c1ccc(F)c(F)c1Br)N1CCCC1. The second-order valence-electron chi connectivity index (χ2n) is 3.77. The molecule has 1 saturated heterocycles. The smallest absolute Gasteiger partial charge is 0.173 e. The second kappa shape index (κ2) is 4.49. The molecule has 0 spiro atoms. The Morgan fingerprint density at radius 1 is 1.25 bits per heavy atom. The van der Waals surface area contributed by atoms with Gasteiger partial charge in [0, 0.05) is 18.7 Å². The van der Waals surface area contributed by atoms with Crippen molar-refractivity contribution in [3.05, 3.63) is 33.8 Å². The lowest BCUT2D eigenvalue weighted by atomic mass is 10.2. The molecule has 16 heavy (non-hydrogen) atoms. The summed E-state index contributed by atoms with van der Waals surface area (Å²) in [5.74, 6) is -1.57. The third kappa shape index (κ3) is 1.96. The fraction of sp³-hybridized carbons (Fsp3) is 0.364. The van der Waals surface area contributed by atoms with E-state index in [1.807, 2.05) is 4.90 Å². The molecule has 1 heterocycles. The molecule has 0 aliphatic carbocycles. The first-order valence-corrected chi connectivity index (χ1v) is 5.88. The fourth-order valence-corrected chi connectivity index (χ4v) is 2.33. The first-order valence-electron chi connectivity index (χ1n) is 5.08. The van der Waals surface area contributed by atoms with Crippen LogP contribution in [0.15, 0.2) is 16.6 Å². The molecule has 86 valence electrons. The Labute approximate surface area is 101 Å². The van der Waals surface area contributed by atoms with E-state index in [1.165, 1.54) is 6.07 Å². The number of amidine groups is 1. The Morgan fingerprint density at radius 2 is 1.88 bits per heavy atom. The summed E-state index contributed by atoms with van der Waals surface area (Å²) in [7, 11) is 0. The van der Waals surface area contributed by atoms with Crippen molar-refractivity contribution in [2.45, 2.75) is 12.8 Å². The first kappa shape index (κ1) is 11.5. The van der Waals surface area contributed by atoms with Crippen LogP contribution < -0.4 is 0 Å². The summed E-state index contributed by atoms with van der Waals surface area (Å²) in [4.78, 5) is 1.87. The van der Waals surface area contributed by atoms with Gasteiger partial charge in [-0.1, -0.05) is 0 Å². The number of nitrogens with one attached hydrogen (secondary N) is 1. The van der Waals surface area contributed by atoms with Crippen LogP contribution in [0, 0.1) is 17.0 Å². The molecule has 1 fully saturated rings. The lowest BCUT2D eigenvalue weighted by molar-refractivity contribution is 0.498. The largest absolute Gasteiger partial charge is 0.357 e. The molecule has 0 radical (unpaired) electrons. The van der Waals surface area contributed by atoms with E-state index in [2.05, 4.69) is 15.9 Å². The Morgan fingerprint density at radius 3 is 2.50 bits per heavy atom. The molecule has 0 aromatic heterocycles. The summed E-state index contributed by atoms with van der Waals surface area (Å²) >= 11 is 3.00. The van der Waals surface area contributed by atoms with Crippen molar-refractivity contribution < 1.29 is 8.78 Å². The van der Waals surface area contributed by atoms with E-state index < -0.39 is 11.6 Å². The molecule has 5 heteroatoms. The number of nitrogens with zero attached hydrogens (tertiary/aromatic N) is 1. The van der Waals surface area contributed by atoms with Crippen LogP contribution in [0.2, 0.25) is 0 Å². The number of halogens is 3. The van der Waals surface area contributed by atoms with E-state index in [0.717, 1.165) is 32.0 Å². The average Bonchev–Trinajstić information content (AvgIpc) is 2.79. The zero-order chi connectivity index (χ0) is 11.7. The van der Waals surface area contributed by atoms with Gasteiger partial charge in [0.25, 0.3) is 0 Å². The first-order chi connectivity index (χ1) is 7.61. The maximum atomic E-state index is 13.3. The predicted molar refractivity (Wildman–Crippen MR) is 61.7 cm³/mol. The van der Waals surface area contributed by atoms with Gasteiger partial charge in [-0.3, -0.25) is 5.41 Å². The Bertz CT molecular complexity index is 428. The molecule has 2 rings (SSSR count). The molecule has 1 aromatic rings. The monoisotopic (exact) mass is 288 g/mol. The molecule has 0 amide bonds. The highest BCUT2D eigenvalue weighted by Crippen LogP contribution is 2.25. The lowest BCUT2D eigenvalue weighted by Crippen LogP contribution is -2.28. The Kier molecular flexibility index (Phi) is 3.23. The van der Waals surface area contributed by atoms with Gasteiger partial charge in [0.05, 0.1) is 4.47 Å². The zero-order valence-electron chi connectivity index (χ0n) is 8.56. The van der Waals surface area contributed by atoms with Gasteiger partial charge >= 0.3 is 0 Å². The maximum absolute atomic E-state index is 13.3. The van der Waals surface area contributed by atoms with Crippen molar-refractivity contribution >= 4 is 21.8 Å². The standard InChI is InChI=1S/C11H11BrF2N2/c12-9-7(3-4-8(13)10(9)14)11(15)16-5-1-2-6-16/h3-4,15H,1-2,5-6H2. The third-order valence-corrected chi connectivity index (χ3v) is 3.49. The van der Waals surface area contributed by atoms with Gasteiger partial charge in [-0.05, 0) is 40.9 Å². The van der Waals surface area contributed by atoms with Crippen LogP contribution in [-0.2, 0) is 0 Å². The van der Waals surface area contributed by atoms with Gasteiger partial charge in [0.2, 0.25) is 0 Å². The molecule has 1 aliphatic rings. The topological polar surface area (TPSA) is 27.1 Å². The molecule has 0 atom stereocenters. The van der Waals surface area contributed by atoms with E-state index >= 15 is 0 Å². The van der Waals surface area contributed by atoms with Gasteiger partial charge in [0.15, 0.2) is 11.6 Å². The van der Waals surface area contributed by atoms with E-state index in [-0.39, 0.29) is 10.3 Å². The molecule has 1 aliphatic heterocycles. The summed E-state index contributed by atoms with van der Waals surface area (Å²) in [6.45, 7) is 1.62. The van der Waals surface area contributed by atoms with Gasteiger partial charge < -0.3 is 4.90 Å². The third-order valence-electron chi connectivity index (χ3n) is 2.71. The van der Waals surface area contributed by atoms with Crippen LogP contribution in [0.4, 0.5) is 8.78 Å². The summed E-state index contributed by atoms with van der Waals surface area (Å²) in [5.41, 5.74) is 0.404. The zero-order valence-corrected chi connectivity index (χ0v) is 10.2. The van der Waals surface area contributed by atoms with Gasteiger partial charge in [-0.2, -0.15) is 0 Å². The summed E-state index contributed by atoms with van der Waals surface area (Å²) < 4.78 is 26.2. The van der Waals surface area contributed by atoms with Crippen molar-refractivity contribution in [3.63, 3.8) is 0 Å². The summed E-state index contributed by atoms with van der Waals surface area (Å²) in [5, 5.41) is 7.94. The normalized spacial score (nSPS) is 15.6. The molecule has 0 bridgehead atoms. The number of likely N-dealkylation sites (tertiary alicyclic amines) is 1. The highest BCUT2D eigenvalue weighted by atomic mass is 79.9. The highest BCUT2D eigenvalue weighted by molar-refractivity contribution is 9.10. The van der Waals surface area contributed by atoms with E-state index in [0.29, 0.717) is 5.56 Å². The minimum atomic E-state index is -0.929. The summed E-state index contributed by atoms with van der Waals surface area (Å²) in [6.07, 6.45) is 2.09. The van der Waals surface area contributed by atoms with Crippen LogP contribution in [-0.4, -0.2) is 23.8 Å². The van der Waals surface area contributed by atoms with Crippen molar-refractivity contribution in [2.75, 3.05) is 13.1 Å². The lowest BCUT2D eigenvalue weighted by Gasteiger charge is -2.19. The molecular formula is C11H11BrF2N2. The van der Waals surface area contributed by atoms with Crippen LogP contribution in [0.1, 0.15) is 18.4 Å². The van der Waals surface area contributed by atoms with E-state index in [1.54, 1.807) is 0 Å². The minimum Gasteiger partial charge on any atom is -0.357 e. The van der Waals surface area contributed by atoms with E-state index in [4.69, 9.17) is 5.41 Å². The van der Waals surface area contributed by atoms with Gasteiger partial charge in [0.1, 0.15) is 5.84 Å². The van der Waals surface area contributed by atoms with E-state index in [9.17, 15) is 8.78 Å². The van der Waals surface area contributed by atoms with Crippen LogP contribution in [0.25, 0.3) is 0 Å². The maximum Gasteiger partial charge on any atom is 0.173 e. The van der Waals surface area contributed by atoms with Gasteiger partial charge in [-0.25, -0.2) is 8.78 Å². The molecule has 0 unspecified atom stereocenters. The van der Waals surface area contributed by atoms with Crippen molar-refractivity contribution in [3.8, 4) is 0 Å². The number of rotatable bonds is 1. The second-order valence-corrected chi connectivity index (χ2v) is 4.56. The van der Waals surface area contributed by atoms with Gasteiger partial charge in [-0.15, -0.1) is 0 Å². The van der Waals surface area contributed by atoms with Crippen molar-refractivity contribution in [1.82, 2.24) is 4.90 Å².